The van der Waals surface area contributed by atoms with Crippen LogP contribution in [0.1, 0.15) is 5.69 Å². The lowest BCUT2D eigenvalue weighted by atomic mass is 10.1. The number of rotatable bonds is 4. The molecular formula is C17H14F3N5O2. The van der Waals surface area contributed by atoms with Crippen LogP contribution in [0.25, 0.3) is 10.8 Å². The third-order valence-corrected chi connectivity index (χ3v) is 3.46. The highest BCUT2D eigenvalue weighted by molar-refractivity contribution is 6.00. The first-order valence-corrected chi connectivity index (χ1v) is 7.67. The fraction of sp³-hybridized carbons (Fsp3) is 0.118. The number of amides is 2. The number of aromatic nitrogens is 2. The molecule has 2 amide bonds. The monoisotopic (exact) mass is 377 g/mol. The van der Waals surface area contributed by atoms with E-state index < -0.39 is 23.8 Å². The molecule has 0 saturated carbocycles. The van der Waals surface area contributed by atoms with Gasteiger partial charge in [-0.05, 0) is 22.9 Å². The van der Waals surface area contributed by atoms with Crippen LogP contribution in [0.5, 0.6) is 0 Å². The molecule has 0 unspecified atom stereocenters. The number of carbonyl (C=O) groups is 1. The Balaban J connectivity index is 1.78. The maximum absolute atomic E-state index is 12.9. The van der Waals surface area contributed by atoms with Crippen molar-refractivity contribution in [3.05, 3.63) is 54.2 Å². The summed E-state index contributed by atoms with van der Waals surface area (Å²) in [6, 6.07) is 12.6. The molecule has 3 rings (SSSR count). The molecule has 2 aromatic carbocycles. The number of hydrogen-bond acceptors (Lipinski definition) is 5. The number of urea groups is 1. The van der Waals surface area contributed by atoms with Crippen LogP contribution >= 0.6 is 0 Å². The summed E-state index contributed by atoms with van der Waals surface area (Å²) in [5.74, 6) is -0.775. The fourth-order valence-electron chi connectivity index (χ4n) is 2.34. The van der Waals surface area contributed by atoms with Gasteiger partial charge in [-0.3, -0.25) is 10.2 Å². The first-order valence-electron chi connectivity index (χ1n) is 7.67. The Labute approximate surface area is 151 Å². The van der Waals surface area contributed by atoms with Crippen LogP contribution in [0, 0.1) is 0 Å². The van der Waals surface area contributed by atoms with E-state index in [4.69, 9.17) is 0 Å². The summed E-state index contributed by atoms with van der Waals surface area (Å²) in [4.78, 5) is 23.7. The minimum absolute atomic E-state index is 0.249. The van der Waals surface area contributed by atoms with Crippen LogP contribution < -0.4 is 16.1 Å². The lowest BCUT2D eigenvalue weighted by Crippen LogP contribution is -2.22. The molecule has 0 fully saturated rings. The highest BCUT2D eigenvalue weighted by atomic mass is 19.4. The second-order valence-electron chi connectivity index (χ2n) is 5.41. The molecule has 0 bridgehead atoms. The molecule has 0 aliphatic heterocycles. The van der Waals surface area contributed by atoms with Gasteiger partial charge in [0.2, 0.25) is 5.95 Å². The van der Waals surface area contributed by atoms with Gasteiger partial charge in [0, 0.05) is 11.8 Å². The molecule has 7 nitrogen and oxygen atoms in total. The predicted molar refractivity (Wildman–Crippen MR) is 94.3 cm³/mol. The zero-order chi connectivity index (χ0) is 19.4. The molecule has 140 valence electrons. The van der Waals surface area contributed by atoms with Crippen molar-refractivity contribution in [1.29, 1.82) is 0 Å². The molecule has 0 aliphatic carbocycles. The summed E-state index contributed by atoms with van der Waals surface area (Å²) in [5, 5.41) is 6.60. The lowest BCUT2D eigenvalue weighted by molar-refractivity contribution is -0.141. The largest absolute Gasteiger partial charge is 0.433 e. The highest BCUT2D eigenvalue weighted by Gasteiger charge is 2.34. The quantitative estimate of drug-likeness (QED) is 0.591. The number of alkyl halides is 3. The second kappa shape index (κ2) is 7.46. The molecule has 3 N–H and O–H groups in total. The van der Waals surface area contributed by atoms with Gasteiger partial charge in [-0.1, -0.05) is 30.3 Å². The van der Waals surface area contributed by atoms with Crippen LogP contribution in [0.4, 0.5) is 35.4 Å². The Bertz CT molecular complexity index is 978. The predicted octanol–water partition coefficient (Wildman–Crippen LogP) is 4.27. The van der Waals surface area contributed by atoms with Crippen LogP contribution in [-0.2, 0) is 11.0 Å². The molecular weight excluding hydrogens is 363 g/mol. The average molecular weight is 377 g/mol. The van der Waals surface area contributed by atoms with Gasteiger partial charge < -0.3 is 5.32 Å². The van der Waals surface area contributed by atoms with Gasteiger partial charge in [-0.25, -0.2) is 15.3 Å². The van der Waals surface area contributed by atoms with Crippen molar-refractivity contribution in [2.24, 2.45) is 0 Å². The SMILES string of the molecule is CONc1cc(C(F)(F)F)nc(NC(=O)Nc2ccc3ccccc3c2)n1. The molecule has 1 aromatic heterocycles. The molecule has 27 heavy (non-hydrogen) atoms. The Morgan fingerprint density at radius 2 is 1.74 bits per heavy atom. The zero-order valence-corrected chi connectivity index (χ0v) is 14.0. The van der Waals surface area contributed by atoms with Crippen LogP contribution in [0.15, 0.2) is 48.5 Å². The normalized spacial score (nSPS) is 11.3. The summed E-state index contributed by atoms with van der Waals surface area (Å²) in [5.41, 5.74) is 1.42. The van der Waals surface area contributed by atoms with Crippen molar-refractivity contribution in [2.45, 2.75) is 6.18 Å². The number of hydrogen-bond donors (Lipinski definition) is 3. The lowest BCUT2D eigenvalue weighted by Gasteiger charge is -2.12. The molecule has 3 aromatic rings. The number of carbonyl (C=O) groups excluding carboxylic acids is 1. The van der Waals surface area contributed by atoms with Crippen LogP contribution in [0.2, 0.25) is 0 Å². The highest BCUT2D eigenvalue weighted by Crippen LogP contribution is 2.29. The Morgan fingerprint density at radius 1 is 1.00 bits per heavy atom. The fourth-order valence-corrected chi connectivity index (χ4v) is 2.34. The average Bonchev–Trinajstić information content (AvgIpc) is 2.61. The van der Waals surface area contributed by atoms with Crippen molar-refractivity contribution in [3.8, 4) is 0 Å². The summed E-state index contributed by atoms with van der Waals surface area (Å²) in [6.07, 6.45) is -4.71. The zero-order valence-electron chi connectivity index (χ0n) is 14.0. The molecule has 0 saturated heterocycles. The number of fused-ring (bicyclic) bond motifs is 1. The van der Waals surface area contributed by atoms with Gasteiger partial charge in [0.25, 0.3) is 0 Å². The number of anilines is 3. The van der Waals surface area contributed by atoms with E-state index in [9.17, 15) is 18.0 Å². The number of nitrogens with zero attached hydrogens (tertiary/aromatic N) is 2. The maximum atomic E-state index is 12.9. The number of nitrogens with one attached hydrogen (secondary N) is 3. The summed E-state index contributed by atoms with van der Waals surface area (Å²) in [7, 11) is 1.22. The second-order valence-corrected chi connectivity index (χ2v) is 5.41. The van der Waals surface area contributed by atoms with Gasteiger partial charge in [0.1, 0.15) is 0 Å². The van der Waals surface area contributed by atoms with E-state index in [-0.39, 0.29) is 5.82 Å². The molecule has 0 atom stereocenters. The standard InChI is InChI=1S/C17H14F3N5O2/c1-27-25-14-9-13(17(18,19)20)22-15(23-14)24-16(26)21-12-7-6-10-4-2-3-5-11(10)8-12/h2-9H,1H3,(H3,21,22,23,24,25,26). The van der Waals surface area contributed by atoms with Crippen molar-refractivity contribution >= 4 is 34.3 Å². The third-order valence-electron chi connectivity index (χ3n) is 3.46. The molecule has 0 radical (unpaired) electrons. The van der Waals surface area contributed by atoms with Crippen molar-refractivity contribution in [2.75, 3.05) is 23.2 Å². The van der Waals surface area contributed by atoms with E-state index in [1.165, 1.54) is 7.11 Å². The first-order chi connectivity index (χ1) is 12.8. The van der Waals surface area contributed by atoms with E-state index in [1.807, 2.05) is 30.3 Å². The molecule has 1 heterocycles. The minimum Gasteiger partial charge on any atom is -0.308 e. The van der Waals surface area contributed by atoms with Crippen LogP contribution in [0.3, 0.4) is 0 Å². The van der Waals surface area contributed by atoms with Crippen molar-refractivity contribution < 1.29 is 22.8 Å². The first kappa shape index (κ1) is 18.4. The molecule has 0 spiro atoms. The van der Waals surface area contributed by atoms with Gasteiger partial charge in [0.05, 0.1) is 7.11 Å². The van der Waals surface area contributed by atoms with E-state index in [0.29, 0.717) is 11.8 Å². The van der Waals surface area contributed by atoms with E-state index in [1.54, 1.807) is 12.1 Å². The minimum atomic E-state index is -4.71. The van der Waals surface area contributed by atoms with Crippen molar-refractivity contribution in [3.63, 3.8) is 0 Å². The molecule has 0 aliphatic rings. The molecule has 10 heteroatoms. The third kappa shape index (κ3) is 4.61. The Hall–Kier alpha value is -3.40. The van der Waals surface area contributed by atoms with Gasteiger partial charge in [-0.2, -0.15) is 18.2 Å². The summed E-state index contributed by atoms with van der Waals surface area (Å²) < 4.78 is 38.8. The van der Waals surface area contributed by atoms with Crippen LogP contribution in [-0.4, -0.2) is 23.1 Å². The Morgan fingerprint density at radius 3 is 2.44 bits per heavy atom. The van der Waals surface area contributed by atoms with Gasteiger partial charge in [0.15, 0.2) is 11.5 Å². The van der Waals surface area contributed by atoms with Gasteiger partial charge >= 0.3 is 12.2 Å². The smallest absolute Gasteiger partial charge is 0.308 e. The number of benzene rings is 2. The van der Waals surface area contributed by atoms with Crippen molar-refractivity contribution in [1.82, 2.24) is 9.97 Å². The summed E-state index contributed by atoms with van der Waals surface area (Å²) in [6.45, 7) is 0. The topological polar surface area (TPSA) is 88.2 Å². The van der Waals surface area contributed by atoms with E-state index in [0.717, 1.165) is 10.8 Å². The van der Waals surface area contributed by atoms with E-state index >= 15 is 0 Å². The number of halogens is 3. The summed E-state index contributed by atoms with van der Waals surface area (Å²) >= 11 is 0. The van der Waals surface area contributed by atoms with E-state index in [2.05, 4.69) is 30.9 Å². The maximum Gasteiger partial charge on any atom is 0.433 e. The Kier molecular flexibility index (Phi) is 5.08. The van der Waals surface area contributed by atoms with Gasteiger partial charge in [-0.15, -0.1) is 0 Å².